The predicted octanol–water partition coefficient (Wildman–Crippen LogP) is 3.47. The smallest absolute Gasteiger partial charge is 0.344 e. The lowest BCUT2D eigenvalue weighted by molar-refractivity contribution is 0.562. The summed E-state index contributed by atoms with van der Waals surface area (Å²) in [6.07, 6.45) is 3.35. The van der Waals surface area contributed by atoms with Gasteiger partial charge in [-0.1, -0.05) is 12.1 Å². The topological polar surface area (TPSA) is 43.1 Å². The van der Waals surface area contributed by atoms with Crippen LogP contribution in [-0.4, -0.2) is 4.98 Å². The highest BCUT2D eigenvalue weighted by Crippen LogP contribution is 2.26. The van der Waals surface area contributed by atoms with Crippen molar-refractivity contribution in [3.8, 4) is 11.1 Å². The molecule has 94 valence electrons. The molecule has 0 saturated heterocycles. The number of nitrogens with zero attached hydrogens (tertiary/aromatic N) is 1. The van der Waals surface area contributed by atoms with Crippen molar-refractivity contribution >= 4 is 11.0 Å². The Labute approximate surface area is 110 Å². The van der Waals surface area contributed by atoms with E-state index in [0.717, 1.165) is 22.1 Å². The molecule has 0 atom stereocenters. The number of fused-ring (bicyclic) bond motifs is 1. The monoisotopic (exact) mass is 251 g/mol. The van der Waals surface area contributed by atoms with Gasteiger partial charge in [0.1, 0.15) is 5.58 Å². The maximum atomic E-state index is 12.2. The molecule has 0 spiro atoms. The first-order valence-electron chi connectivity index (χ1n) is 6.11. The molecule has 19 heavy (non-hydrogen) atoms. The molecule has 0 N–H and O–H groups in total. The molecule has 0 saturated carbocycles. The van der Waals surface area contributed by atoms with Crippen molar-refractivity contribution in [2.45, 2.75) is 13.8 Å². The van der Waals surface area contributed by atoms with Crippen LogP contribution in [0.3, 0.4) is 0 Å². The fourth-order valence-corrected chi connectivity index (χ4v) is 2.32. The molecule has 2 heterocycles. The number of pyridine rings is 1. The number of benzene rings is 1. The molecule has 0 unspecified atom stereocenters. The molecular formula is C16H13NO2. The molecule has 0 fully saturated rings. The highest BCUT2D eigenvalue weighted by atomic mass is 16.4. The van der Waals surface area contributed by atoms with Gasteiger partial charge in [-0.2, -0.15) is 0 Å². The van der Waals surface area contributed by atoms with Gasteiger partial charge in [0, 0.05) is 17.8 Å². The summed E-state index contributed by atoms with van der Waals surface area (Å²) in [5, 5.41) is 0.969. The van der Waals surface area contributed by atoms with Crippen molar-refractivity contribution in [3.05, 3.63) is 64.3 Å². The van der Waals surface area contributed by atoms with Gasteiger partial charge in [-0.05, 0) is 48.7 Å². The summed E-state index contributed by atoms with van der Waals surface area (Å²) in [7, 11) is 0. The van der Waals surface area contributed by atoms with Crippen molar-refractivity contribution < 1.29 is 4.42 Å². The summed E-state index contributed by atoms with van der Waals surface area (Å²) in [6.45, 7) is 3.93. The second kappa shape index (κ2) is 4.35. The number of aryl methyl sites for hydroxylation is 2. The Morgan fingerprint density at radius 1 is 1.05 bits per heavy atom. The van der Waals surface area contributed by atoms with Crippen LogP contribution in [0.1, 0.15) is 11.1 Å². The average molecular weight is 251 g/mol. The highest BCUT2D eigenvalue weighted by Gasteiger charge is 2.12. The molecule has 3 heteroatoms. The molecule has 3 rings (SSSR count). The Bertz CT molecular complexity index is 804. The minimum Gasteiger partial charge on any atom is -0.422 e. The summed E-state index contributed by atoms with van der Waals surface area (Å²) in [6, 6.07) is 9.54. The van der Waals surface area contributed by atoms with E-state index in [9.17, 15) is 4.79 Å². The minimum atomic E-state index is -0.304. The highest BCUT2D eigenvalue weighted by molar-refractivity contribution is 5.86. The van der Waals surface area contributed by atoms with Gasteiger partial charge < -0.3 is 4.42 Å². The van der Waals surface area contributed by atoms with Crippen molar-refractivity contribution in [3.63, 3.8) is 0 Å². The standard InChI is InChI=1S/C16H13NO2/c1-10-3-4-13-11(2)15(12-5-7-17-8-6-12)16(18)19-14(13)9-10/h3-9H,1-2H3. The van der Waals surface area contributed by atoms with E-state index in [1.54, 1.807) is 12.4 Å². The van der Waals surface area contributed by atoms with Crippen LogP contribution >= 0.6 is 0 Å². The van der Waals surface area contributed by atoms with Gasteiger partial charge in [0.15, 0.2) is 0 Å². The van der Waals surface area contributed by atoms with Crippen LogP contribution in [-0.2, 0) is 0 Å². The number of rotatable bonds is 1. The third kappa shape index (κ3) is 1.93. The maximum absolute atomic E-state index is 12.2. The van der Waals surface area contributed by atoms with Crippen LogP contribution in [0, 0.1) is 13.8 Å². The average Bonchev–Trinajstić information content (AvgIpc) is 2.39. The molecular weight excluding hydrogens is 238 g/mol. The van der Waals surface area contributed by atoms with E-state index >= 15 is 0 Å². The van der Waals surface area contributed by atoms with E-state index in [1.165, 1.54) is 0 Å². The van der Waals surface area contributed by atoms with Gasteiger partial charge in [0.2, 0.25) is 0 Å². The fourth-order valence-electron chi connectivity index (χ4n) is 2.32. The number of hydrogen-bond acceptors (Lipinski definition) is 3. The molecule has 3 nitrogen and oxygen atoms in total. The first kappa shape index (κ1) is 11.7. The zero-order valence-electron chi connectivity index (χ0n) is 10.8. The molecule has 2 aromatic heterocycles. The van der Waals surface area contributed by atoms with Crippen LogP contribution in [0.25, 0.3) is 22.1 Å². The Balaban J connectivity index is 2.39. The van der Waals surface area contributed by atoms with E-state index in [2.05, 4.69) is 4.98 Å². The van der Waals surface area contributed by atoms with E-state index in [0.29, 0.717) is 11.1 Å². The zero-order valence-corrected chi connectivity index (χ0v) is 10.8. The lowest BCUT2D eigenvalue weighted by Crippen LogP contribution is -2.06. The first-order chi connectivity index (χ1) is 9.16. The quantitative estimate of drug-likeness (QED) is 0.622. The lowest BCUT2D eigenvalue weighted by Gasteiger charge is -2.08. The summed E-state index contributed by atoms with van der Waals surface area (Å²) < 4.78 is 5.43. The van der Waals surface area contributed by atoms with Crippen molar-refractivity contribution in [1.82, 2.24) is 4.98 Å². The summed E-state index contributed by atoms with van der Waals surface area (Å²) in [5.41, 5.74) is 3.80. The van der Waals surface area contributed by atoms with Gasteiger partial charge >= 0.3 is 5.63 Å². The van der Waals surface area contributed by atoms with Crippen molar-refractivity contribution in [2.24, 2.45) is 0 Å². The Morgan fingerprint density at radius 3 is 2.53 bits per heavy atom. The normalized spacial score (nSPS) is 10.8. The Kier molecular flexibility index (Phi) is 2.67. The minimum absolute atomic E-state index is 0.304. The molecule has 0 amide bonds. The molecule has 3 aromatic rings. The van der Waals surface area contributed by atoms with Crippen LogP contribution in [0.5, 0.6) is 0 Å². The SMILES string of the molecule is Cc1ccc2c(C)c(-c3ccncc3)c(=O)oc2c1. The van der Waals surface area contributed by atoms with Crippen LogP contribution < -0.4 is 5.63 Å². The van der Waals surface area contributed by atoms with Crippen molar-refractivity contribution in [2.75, 3.05) is 0 Å². The zero-order chi connectivity index (χ0) is 13.4. The summed E-state index contributed by atoms with van der Waals surface area (Å²) >= 11 is 0. The summed E-state index contributed by atoms with van der Waals surface area (Å²) in [5.74, 6) is 0. The van der Waals surface area contributed by atoms with E-state index < -0.39 is 0 Å². The molecule has 0 bridgehead atoms. The number of hydrogen-bond donors (Lipinski definition) is 0. The van der Waals surface area contributed by atoms with Gasteiger partial charge in [-0.15, -0.1) is 0 Å². The van der Waals surface area contributed by atoms with Gasteiger partial charge in [0.05, 0.1) is 5.56 Å². The summed E-state index contributed by atoms with van der Waals surface area (Å²) in [4.78, 5) is 16.2. The predicted molar refractivity (Wildman–Crippen MR) is 75.2 cm³/mol. The Hall–Kier alpha value is -2.42. The largest absolute Gasteiger partial charge is 0.422 e. The van der Waals surface area contributed by atoms with Crippen molar-refractivity contribution in [1.29, 1.82) is 0 Å². The maximum Gasteiger partial charge on any atom is 0.344 e. The third-order valence-corrected chi connectivity index (χ3v) is 3.29. The lowest BCUT2D eigenvalue weighted by atomic mass is 10.00. The van der Waals surface area contributed by atoms with Gasteiger partial charge in [-0.3, -0.25) is 4.98 Å². The number of aromatic nitrogens is 1. The second-order valence-corrected chi connectivity index (χ2v) is 4.63. The first-order valence-corrected chi connectivity index (χ1v) is 6.11. The molecule has 0 aliphatic carbocycles. The van der Waals surface area contributed by atoms with Gasteiger partial charge in [-0.25, -0.2) is 4.79 Å². The van der Waals surface area contributed by atoms with E-state index in [-0.39, 0.29) is 5.63 Å². The molecule has 0 aliphatic heterocycles. The Morgan fingerprint density at radius 2 is 1.79 bits per heavy atom. The van der Waals surface area contributed by atoms with E-state index in [1.807, 2.05) is 44.2 Å². The molecule has 0 aliphatic rings. The fraction of sp³-hybridized carbons (Fsp3) is 0.125. The second-order valence-electron chi connectivity index (χ2n) is 4.63. The van der Waals surface area contributed by atoms with Crippen LogP contribution in [0.4, 0.5) is 0 Å². The molecule has 0 radical (unpaired) electrons. The van der Waals surface area contributed by atoms with Crippen LogP contribution in [0.2, 0.25) is 0 Å². The van der Waals surface area contributed by atoms with E-state index in [4.69, 9.17) is 4.42 Å². The van der Waals surface area contributed by atoms with Crippen LogP contribution in [0.15, 0.2) is 51.9 Å². The van der Waals surface area contributed by atoms with Gasteiger partial charge in [0.25, 0.3) is 0 Å². The third-order valence-electron chi connectivity index (χ3n) is 3.29. The molecule has 1 aromatic carbocycles.